The highest BCUT2D eigenvalue weighted by Crippen LogP contribution is 2.31. The fourth-order valence-electron chi connectivity index (χ4n) is 0.500. The van der Waals surface area contributed by atoms with E-state index in [0.717, 1.165) is 0 Å². The van der Waals surface area contributed by atoms with E-state index in [2.05, 4.69) is 0 Å². The molecular formula is C6H8F4O2. The average molecular weight is 188 g/mol. The molecule has 0 heterocycles. The Bertz CT molecular complexity index is 184. The van der Waals surface area contributed by atoms with Crippen LogP contribution in [-0.4, -0.2) is 28.8 Å². The van der Waals surface area contributed by atoms with Gasteiger partial charge in [0, 0.05) is 0 Å². The van der Waals surface area contributed by atoms with Crippen molar-refractivity contribution in [1.82, 2.24) is 0 Å². The molecule has 0 fully saturated rings. The maximum absolute atomic E-state index is 12.8. The Morgan fingerprint density at radius 3 is 1.75 bits per heavy atom. The van der Waals surface area contributed by atoms with Crippen LogP contribution in [0.15, 0.2) is 0 Å². The summed E-state index contributed by atoms with van der Waals surface area (Å²) in [6.07, 6.45) is -8.38. The standard InChI is InChI=1S/C6H8F4O2/c1-3(11)5(2,7)4(12)6(8,9)10/h4,12H,1-2H3. The van der Waals surface area contributed by atoms with Gasteiger partial charge in [0.25, 0.3) is 0 Å². The number of Topliss-reactive ketones (excluding diaryl/α,β-unsaturated/α-hetero) is 1. The van der Waals surface area contributed by atoms with Gasteiger partial charge in [-0.25, -0.2) is 4.39 Å². The quantitative estimate of drug-likeness (QED) is 0.661. The predicted molar refractivity (Wildman–Crippen MR) is 32.3 cm³/mol. The van der Waals surface area contributed by atoms with E-state index < -0.39 is 23.7 Å². The molecule has 2 nitrogen and oxygen atoms in total. The topological polar surface area (TPSA) is 37.3 Å². The van der Waals surface area contributed by atoms with Gasteiger partial charge in [-0.1, -0.05) is 0 Å². The molecule has 0 spiro atoms. The van der Waals surface area contributed by atoms with Gasteiger partial charge in [-0.05, 0) is 13.8 Å². The molecule has 0 saturated heterocycles. The molecule has 72 valence electrons. The Morgan fingerprint density at radius 1 is 1.33 bits per heavy atom. The van der Waals surface area contributed by atoms with Gasteiger partial charge < -0.3 is 5.11 Å². The van der Waals surface area contributed by atoms with Crippen molar-refractivity contribution < 1.29 is 27.5 Å². The molecule has 6 heteroatoms. The van der Waals surface area contributed by atoms with Crippen molar-refractivity contribution >= 4 is 5.78 Å². The first-order chi connectivity index (χ1) is 5.10. The van der Waals surface area contributed by atoms with Crippen LogP contribution < -0.4 is 0 Å². The highest BCUT2D eigenvalue weighted by atomic mass is 19.4. The number of halogens is 4. The van der Waals surface area contributed by atoms with E-state index in [9.17, 15) is 22.4 Å². The van der Waals surface area contributed by atoms with Crippen molar-refractivity contribution in [1.29, 1.82) is 0 Å². The largest absolute Gasteiger partial charge is 0.417 e. The monoisotopic (exact) mass is 188 g/mol. The zero-order chi connectivity index (χ0) is 10.2. The Hall–Kier alpha value is -0.650. The van der Waals surface area contributed by atoms with E-state index in [0.29, 0.717) is 13.8 Å². The van der Waals surface area contributed by atoms with Crippen LogP contribution in [0.1, 0.15) is 13.8 Å². The lowest BCUT2D eigenvalue weighted by Crippen LogP contribution is -2.50. The van der Waals surface area contributed by atoms with Crippen LogP contribution in [0.3, 0.4) is 0 Å². The molecule has 0 rings (SSSR count). The van der Waals surface area contributed by atoms with Gasteiger partial charge in [-0.15, -0.1) is 0 Å². The van der Waals surface area contributed by atoms with Crippen LogP contribution in [0.5, 0.6) is 0 Å². The fourth-order valence-corrected chi connectivity index (χ4v) is 0.500. The van der Waals surface area contributed by atoms with Crippen LogP contribution in [0.2, 0.25) is 0 Å². The molecule has 12 heavy (non-hydrogen) atoms. The Morgan fingerprint density at radius 2 is 1.67 bits per heavy atom. The SMILES string of the molecule is CC(=O)C(C)(F)C(O)C(F)(F)F. The van der Waals surface area contributed by atoms with Gasteiger partial charge in [-0.2, -0.15) is 13.2 Å². The minimum absolute atomic E-state index is 0.396. The molecule has 0 aliphatic rings. The minimum Gasteiger partial charge on any atom is -0.381 e. The van der Waals surface area contributed by atoms with Crippen LogP contribution in [0, 0.1) is 0 Å². The first kappa shape index (κ1) is 11.4. The first-order valence-electron chi connectivity index (χ1n) is 3.05. The third-order valence-corrected chi connectivity index (χ3v) is 1.51. The minimum atomic E-state index is -5.12. The van der Waals surface area contributed by atoms with Crippen molar-refractivity contribution in [2.45, 2.75) is 31.8 Å². The lowest BCUT2D eigenvalue weighted by Gasteiger charge is -2.25. The van der Waals surface area contributed by atoms with Crippen molar-refractivity contribution in [2.75, 3.05) is 0 Å². The van der Waals surface area contributed by atoms with Crippen molar-refractivity contribution in [3.05, 3.63) is 0 Å². The second kappa shape index (κ2) is 3.01. The van der Waals surface area contributed by atoms with E-state index >= 15 is 0 Å². The summed E-state index contributed by atoms with van der Waals surface area (Å²) in [5.41, 5.74) is -3.27. The van der Waals surface area contributed by atoms with E-state index in [-0.39, 0.29) is 0 Å². The lowest BCUT2D eigenvalue weighted by molar-refractivity contribution is -0.236. The molecular weight excluding hydrogens is 180 g/mol. The van der Waals surface area contributed by atoms with E-state index in [1.54, 1.807) is 0 Å². The Balaban J connectivity index is 4.69. The first-order valence-corrected chi connectivity index (χ1v) is 3.05. The molecule has 0 saturated carbocycles. The highest BCUT2D eigenvalue weighted by Gasteiger charge is 2.53. The summed E-state index contributed by atoms with van der Waals surface area (Å²) < 4.78 is 47.8. The second-order valence-electron chi connectivity index (χ2n) is 2.58. The van der Waals surface area contributed by atoms with E-state index in [4.69, 9.17) is 5.11 Å². The van der Waals surface area contributed by atoms with Crippen molar-refractivity contribution in [2.24, 2.45) is 0 Å². The van der Waals surface area contributed by atoms with Crippen LogP contribution in [-0.2, 0) is 4.79 Å². The number of hydrogen-bond donors (Lipinski definition) is 1. The number of hydrogen-bond acceptors (Lipinski definition) is 2. The summed E-state index contributed by atoms with van der Waals surface area (Å²) in [5.74, 6) is -1.35. The zero-order valence-corrected chi connectivity index (χ0v) is 6.44. The summed E-state index contributed by atoms with van der Waals surface area (Å²) in [7, 11) is 0. The smallest absolute Gasteiger partial charge is 0.381 e. The molecule has 2 unspecified atom stereocenters. The molecule has 0 radical (unpaired) electrons. The number of ketones is 1. The van der Waals surface area contributed by atoms with Crippen LogP contribution in [0.25, 0.3) is 0 Å². The number of rotatable bonds is 2. The molecule has 0 amide bonds. The van der Waals surface area contributed by atoms with Crippen molar-refractivity contribution in [3.63, 3.8) is 0 Å². The second-order valence-corrected chi connectivity index (χ2v) is 2.58. The van der Waals surface area contributed by atoms with E-state index in [1.165, 1.54) is 0 Å². The molecule has 0 aromatic carbocycles. The van der Waals surface area contributed by atoms with Gasteiger partial charge >= 0.3 is 6.18 Å². The molecule has 2 atom stereocenters. The Kier molecular flexibility index (Phi) is 2.84. The maximum atomic E-state index is 12.8. The van der Waals surface area contributed by atoms with Gasteiger partial charge in [0.1, 0.15) is 0 Å². The van der Waals surface area contributed by atoms with Crippen molar-refractivity contribution in [3.8, 4) is 0 Å². The van der Waals surface area contributed by atoms with Crippen LogP contribution in [0.4, 0.5) is 17.6 Å². The van der Waals surface area contributed by atoms with Gasteiger partial charge in [-0.3, -0.25) is 4.79 Å². The summed E-state index contributed by atoms with van der Waals surface area (Å²) in [6.45, 7) is 1.04. The van der Waals surface area contributed by atoms with Gasteiger partial charge in [0.2, 0.25) is 0 Å². The maximum Gasteiger partial charge on any atom is 0.417 e. The highest BCUT2D eigenvalue weighted by molar-refractivity contribution is 5.85. The molecule has 1 N–H and O–H groups in total. The molecule has 0 aromatic rings. The molecule has 0 aliphatic heterocycles. The predicted octanol–water partition coefficient (Wildman–Crippen LogP) is 1.23. The third kappa shape index (κ3) is 2.17. The number of carbonyl (C=O) groups excluding carboxylic acids is 1. The van der Waals surface area contributed by atoms with Crippen LogP contribution >= 0.6 is 0 Å². The van der Waals surface area contributed by atoms with Gasteiger partial charge in [0.15, 0.2) is 17.6 Å². The zero-order valence-electron chi connectivity index (χ0n) is 6.44. The summed E-state index contributed by atoms with van der Waals surface area (Å²) in [4.78, 5) is 10.3. The number of aliphatic hydroxyl groups is 1. The number of aliphatic hydroxyl groups excluding tert-OH is 1. The van der Waals surface area contributed by atoms with E-state index in [1.807, 2.05) is 0 Å². The third-order valence-electron chi connectivity index (χ3n) is 1.51. The van der Waals surface area contributed by atoms with Gasteiger partial charge in [0.05, 0.1) is 0 Å². The normalized spacial score (nSPS) is 19.9. The molecule has 0 aliphatic carbocycles. The number of carbonyl (C=O) groups is 1. The number of alkyl halides is 4. The lowest BCUT2D eigenvalue weighted by atomic mass is 9.97. The fraction of sp³-hybridized carbons (Fsp3) is 0.833. The summed E-state index contributed by atoms with van der Waals surface area (Å²) in [6, 6.07) is 0. The molecule has 0 bridgehead atoms. The average Bonchev–Trinajstić information content (AvgIpc) is 1.83. The Labute approximate surface area is 66.2 Å². The summed E-state index contributed by atoms with van der Waals surface area (Å²) >= 11 is 0. The summed E-state index contributed by atoms with van der Waals surface area (Å²) in [5, 5.41) is 8.36. The molecule has 0 aromatic heterocycles.